The summed E-state index contributed by atoms with van der Waals surface area (Å²) in [6, 6.07) is 0. The lowest BCUT2D eigenvalue weighted by Gasteiger charge is -2.33. The summed E-state index contributed by atoms with van der Waals surface area (Å²) in [6.07, 6.45) is 0.169. The Labute approximate surface area is 156 Å². The van der Waals surface area contributed by atoms with Gasteiger partial charge in [0, 0.05) is 24.0 Å². The highest BCUT2D eigenvalue weighted by Gasteiger charge is 2.54. The molecule has 0 amide bonds. The van der Waals surface area contributed by atoms with E-state index in [1.807, 2.05) is 6.92 Å². The van der Waals surface area contributed by atoms with Crippen molar-refractivity contribution in [3.8, 4) is 0 Å². The van der Waals surface area contributed by atoms with Crippen LogP contribution < -0.4 is 0 Å². The molecule has 0 radical (unpaired) electrons. The van der Waals surface area contributed by atoms with Crippen molar-refractivity contribution in [3.63, 3.8) is 0 Å². The standard InChI is InChI=1S/C19H24O8/c1-9-5-12-15(10(2)16(22)25-12)13(26-17(23)18(3,24)8-20)7-19(4)14(21)6-11(9)27-19/h6,9,12-13,15,20,24H,2,5,7-8H2,1,3-4H3/t9-,12+,13-,15-,18?,19+/m0/s1. The number of carbonyl (C=O) groups is 3. The van der Waals surface area contributed by atoms with Gasteiger partial charge in [0.1, 0.15) is 18.0 Å². The first kappa shape index (κ1) is 19.6. The largest absolute Gasteiger partial charge is 0.483 e. The lowest BCUT2D eigenvalue weighted by Crippen LogP contribution is -2.47. The van der Waals surface area contributed by atoms with Gasteiger partial charge >= 0.3 is 11.9 Å². The second kappa shape index (κ2) is 6.45. The number of aliphatic hydroxyl groups is 2. The van der Waals surface area contributed by atoms with Gasteiger partial charge in [0.15, 0.2) is 11.2 Å². The van der Waals surface area contributed by atoms with E-state index >= 15 is 0 Å². The summed E-state index contributed by atoms with van der Waals surface area (Å²) < 4.78 is 16.8. The van der Waals surface area contributed by atoms with E-state index in [0.29, 0.717) is 12.2 Å². The average Bonchev–Trinajstić information content (AvgIpc) is 3.04. The molecule has 2 fully saturated rings. The molecule has 6 atom stereocenters. The van der Waals surface area contributed by atoms with Crippen molar-refractivity contribution in [1.82, 2.24) is 0 Å². The third kappa shape index (κ3) is 3.27. The van der Waals surface area contributed by atoms with Crippen LogP contribution in [0.15, 0.2) is 24.0 Å². The maximum atomic E-state index is 12.5. The van der Waals surface area contributed by atoms with Crippen LogP contribution in [0.1, 0.15) is 33.6 Å². The Morgan fingerprint density at radius 3 is 2.78 bits per heavy atom. The lowest BCUT2D eigenvalue weighted by atomic mass is 9.80. The molecule has 3 rings (SSSR count). The smallest absolute Gasteiger partial charge is 0.340 e. The zero-order valence-corrected chi connectivity index (χ0v) is 15.6. The van der Waals surface area contributed by atoms with Gasteiger partial charge in [-0.05, 0) is 20.3 Å². The highest BCUT2D eigenvalue weighted by atomic mass is 16.6. The summed E-state index contributed by atoms with van der Waals surface area (Å²) in [6.45, 7) is 7.51. The quantitative estimate of drug-likeness (QED) is 0.534. The molecule has 2 N–H and O–H groups in total. The van der Waals surface area contributed by atoms with Crippen molar-refractivity contribution in [1.29, 1.82) is 0 Å². The van der Waals surface area contributed by atoms with Crippen molar-refractivity contribution in [2.45, 2.75) is 57.0 Å². The normalized spacial score (nSPS) is 37.8. The Balaban J connectivity index is 1.99. The summed E-state index contributed by atoms with van der Waals surface area (Å²) in [5.41, 5.74) is -3.23. The second-order valence-electron chi connectivity index (χ2n) is 7.96. The molecule has 8 nitrogen and oxygen atoms in total. The molecule has 1 unspecified atom stereocenters. The van der Waals surface area contributed by atoms with Crippen LogP contribution in [-0.4, -0.2) is 58.0 Å². The molecule has 3 heterocycles. The van der Waals surface area contributed by atoms with Crippen LogP contribution in [0, 0.1) is 11.8 Å². The lowest BCUT2D eigenvalue weighted by molar-refractivity contribution is -0.179. The van der Waals surface area contributed by atoms with Crippen LogP contribution in [0.2, 0.25) is 0 Å². The van der Waals surface area contributed by atoms with E-state index in [9.17, 15) is 24.6 Å². The molecule has 3 aliphatic rings. The molecular formula is C19H24O8. The van der Waals surface area contributed by atoms with E-state index in [-0.39, 0.29) is 23.7 Å². The van der Waals surface area contributed by atoms with Crippen molar-refractivity contribution >= 4 is 17.7 Å². The molecule has 0 saturated carbocycles. The van der Waals surface area contributed by atoms with Crippen LogP contribution in [0.4, 0.5) is 0 Å². The molecule has 3 aliphatic heterocycles. The van der Waals surface area contributed by atoms with E-state index in [2.05, 4.69) is 6.58 Å². The predicted octanol–water partition coefficient (Wildman–Crippen LogP) is 0.411. The number of carbonyl (C=O) groups excluding carboxylic acids is 3. The maximum Gasteiger partial charge on any atom is 0.340 e. The first-order valence-electron chi connectivity index (χ1n) is 8.87. The Hall–Kier alpha value is -2.19. The zero-order valence-electron chi connectivity index (χ0n) is 15.6. The summed E-state index contributed by atoms with van der Waals surface area (Å²) in [7, 11) is 0. The van der Waals surface area contributed by atoms with Gasteiger partial charge in [-0.15, -0.1) is 0 Å². The summed E-state index contributed by atoms with van der Waals surface area (Å²) in [5.74, 6) is -2.25. The molecule has 8 heteroatoms. The minimum atomic E-state index is -2.11. The van der Waals surface area contributed by atoms with Crippen molar-refractivity contribution in [2.75, 3.05) is 6.61 Å². The fourth-order valence-electron chi connectivity index (χ4n) is 3.73. The number of allylic oxidation sites excluding steroid dienone is 1. The number of hydrogen-bond donors (Lipinski definition) is 2. The second-order valence-corrected chi connectivity index (χ2v) is 7.96. The Kier molecular flexibility index (Phi) is 4.68. The molecule has 0 aromatic heterocycles. The van der Waals surface area contributed by atoms with E-state index in [4.69, 9.17) is 14.2 Å². The van der Waals surface area contributed by atoms with Gasteiger partial charge in [0.05, 0.1) is 12.5 Å². The molecule has 0 spiro atoms. The number of aliphatic hydroxyl groups excluding tert-OH is 1. The van der Waals surface area contributed by atoms with Crippen molar-refractivity contribution < 1.29 is 38.8 Å². The van der Waals surface area contributed by atoms with Gasteiger partial charge < -0.3 is 24.4 Å². The molecule has 0 aromatic carbocycles. The number of rotatable bonds is 3. The first-order chi connectivity index (χ1) is 12.5. The Morgan fingerprint density at radius 1 is 1.48 bits per heavy atom. The zero-order chi connectivity index (χ0) is 20.1. The number of ketones is 1. The fraction of sp³-hybridized carbons (Fsp3) is 0.632. The highest BCUT2D eigenvalue weighted by Crippen LogP contribution is 2.44. The van der Waals surface area contributed by atoms with E-state index in [1.54, 1.807) is 6.92 Å². The van der Waals surface area contributed by atoms with Crippen molar-refractivity contribution in [2.24, 2.45) is 11.8 Å². The average molecular weight is 380 g/mol. The van der Waals surface area contributed by atoms with Crippen LogP contribution in [0.5, 0.6) is 0 Å². The molecule has 0 aliphatic carbocycles. The van der Waals surface area contributed by atoms with Crippen LogP contribution in [-0.2, 0) is 28.6 Å². The Morgan fingerprint density at radius 2 is 2.15 bits per heavy atom. The van der Waals surface area contributed by atoms with E-state index in [1.165, 1.54) is 6.08 Å². The SMILES string of the molecule is C=C1C(=O)O[C@@H]2C[C@H](C)C3=CC(=O)[C@@](C)(C[C@H](OC(=O)C(C)(O)CO)[C@@H]12)O3. The molecule has 27 heavy (non-hydrogen) atoms. The molecule has 2 saturated heterocycles. The predicted molar refractivity (Wildman–Crippen MR) is 91.1 cm³/mol. The van der Waals surface area contributed by atoms with Gasteiger partial charge in [-0.1, -0.05) is 13.5 Å². The first-order valence-corrected chi connectivity index (χ1v) is 8.87. The molecular weight excluding hydrogens is 356 g/mol. The number of esters is 2. The van der Waals surface area contributed by atoms with Crippen LogP contribution >= 0.6 is 0 Å². The van der Waals surface area contributed by atoms with Gasteiger partial charge in [0.2, 0.25) is 5.78 Å². The monoisotopic (exact) mass is 380 g/mol. The molecule has 148 valence electrons. The topological polar surface area (TPSA) is 119 Å². The van der Waals surface area contributed by atoms with Gasteiger partial charge in [-0.25, -0.2) is 9.59 Å². The van der Waals surface area contributed by atoms with Crippen molar-refractivity contribution in [3.05, 3.63) is 24.0 Å². The van der Waals surface area contributed by atoms with E-state index < -0.39 is 47.9 Å². The third-order valence-corrected chi connectivity index (χ3v) is 5.53. The Bertz CT molecular complexity index is 736. The summed E-state index contributed by atoms with van der Waals surface area (Å²) in [4.78, 5) is 37.0. The minimum Gasteiger partial charge on any atom is -0.483 e. The molecule has 2 bridgehead atoms. The van der Waals surface area contributed by atoms with Gasteiger partial charge in [0.25, 0.3) is 0 Å². The van der Waals surface area contributed by atoms with Crippen LogP contribution in [0.3, 0.4) is 0 Å². The highest BCUT2D eigenvalue weighted by molar-refractivity contribution is 5.99. The van der Waals surface area contributed by atoms with E-state index in [0.717, 1.165) is 6.92 Å². The number of ether oxygens (including phenoxy) is 3. The fourth-order valence-corrected chi connectivity index (χ4v) is 3.73. The van der Waals surface area contributed by atoms with Crippen LogP contribution in [0.25, 0.3) is 0 Å². The summed E-state index contributed by atoms with van der Waals surface area (Å²) >= 11 is 0. The minimum absolute atomic E-state index is 0.0391. The van der Waals surface area contributed by atoms with Gasteiger partial charge in [-0.3, -0.25) is 4.79 Å². The van der Waals surface area contributed by atoms with Gasteiger partial charge in [-0.2, -0.15) is 0 Å². The number of fused-ring (bicyclic) bond motifs is 3. The number of hydrogen-bond acceptors (Lipinski definition) is 8. The maximum absolute atomic E-state index is 12.5. The summed E-state index contributed by atoms with van der Waals surface area (Å²) in [5, 5.41) is 19.2. The third-order valence-electron chi connectivity index (χ3n) is 5.53. The molecule has 0 aromatic rings.